The van der Waals surface area contributed by atoms with Crippen molar-refractivity contribution in [2.24, 2.45) is 0 Å². The molecule has 3 rings (SSSR count). The summed E-state index contributed by atoms with van der Waals surface area (Å²) < 4.78 is 5.73. The van der Waals surface area contributed by atoms with E-state index in [1.54, 1.807) is 0 Å². The molecule has 0 aliphatic carbocycles. The first-order valence-corrected chi connectivity index (χ1v) is 4.93. The van der Waals surface area contributed by atoms with Crippen molar-refractivity contribution in [3.63, 3.8) is 0 Å². The summed E-state index contributed by atoms with van der Waals surface area (Å²) in [6.45, 7) is 0.831. The highest BCUT2D eigenvalue weighted by molar-refractivity contribution is 5.98. The Morgan fingerprint density at radius 2 is 2.21 bits per heavy atom. The maximum absolute atomic E-state index is 11.9. The molecule has 0 N–H and O–H groups in total. The molecule has 0 spiro atoms. The monoisotopic (exact) mass is 189 g/mol. The van der Waals surface area contributed by atoms with Crippen LogP contribution in [0, 0.1) is 0 Å². The molecule has 1 unspecified atom stereocenters. The van der Waals surface area contributed by atoms with Crippen LogP contribution in [0.2, 0.25) is 0 Å². The number of nitrogens with zero attached hydrogens (tertiary/aromatic N) is 1. The lowest BCUT2D eigenvalue weighted by Crippen LogP contribution is -2.42. The van der Waals surface area contributed by atoms with Gasteiger partial charge in [0.05, 0.1) is 5.56 Å². The Morgan fingerprint density at radius 3 is 3.14 bits per heavy atom. The molecule has 72 valence electrons. The average Bonchev–Trinajstić information content (AvgIpc) is 2.66. The minimum Gasteiger partial charge on any atom is -0.470 e. The van der Waals surface area contributed by atoms with Gasteiger partial charge in [0.1, 0.15) is 5.75 Å². The lowest BCUT2D eigenvalue weighted by Gasteiger charge is -2.31. The van der Waals surface area contributed by atoms with Crippen molar-refractivity contribution in [2.45, 2.75) is 19.1 Å². The summed E-state index contributed by atoms with van der Waals surface area (Å²) in [7, 11) is 0. The van der Waals surface area contributed by atoms with Crippen LogP contribution in [0.4, 0.5) is 0 Å². The number of carbonyl (C=O) groups excluding carboxylic acids is 1. The van der Waals surface area contributed by atoms with Crippen LogP contribution >= 0.6 is 0 Å². The first-order chi connectivity index (χ1) is 6.86. The van der Waals surface area contributed by atoms with Gasteiger partial charge < -0.3 is 9.64 Å². The summed E-state index contributed by atoms with van der Waals surface area (Å²) in [5.74, 6) is 0.856. The molecular weight excluding hydrogens is 178 g/mol. The molecule has 0 aromatic heterocycles. The average molecular weight is 189 g/mol. The van der Waals surface area contributed by atoms with Gasteiger partial charge >= 0.3 is 0 Å². The second-order valence-corrected chi connectivity index (χ2v) is 3.71. The summed E-state index contributed by atoms with van der Waals surface area (Å²) in [5, 5.41) is 0. The summed E-state index contributed by atoms with van der Waals surface area (Å²) >= 11 is 0. The Labute approximate surface area is 82.3 Å². The van der Waals surface area contributed by atoms with Gasteiger partial charge in [-0.2, -0.15) is 0 Å². The van der Waals surface area contributed by atoms with Crippen LogP contribution in [0.25, 0.3) is 0 Å². The number of hydrogen-bond donors (Lipinski definition) is 0. The zero-order valence-corrected chi connectivity index (χ0v) is 7.77. The minimum atomic E-state index is -0.0163. The standard InChI is InChI=1S/C11H11NO2/c13-11-8-4-1-2-5-9(8)14-10-6-3-7-12(10)11/h1-2,4-5,10H,3,6-7H2. The van der Waals surface area contributed by atoms with Crippen LogP contribution in [0.15, 0.2) is 24.3 Å². The third kappa shape index (κ3) is 0.953. The molecule has 3 nitrogen and oxygen atoms in total. The van der Waals surface area contributed by atoms with Crippen molar-refractivity contribution in [2.75, 3.05) is 6.54 Å². The maximum Gasteiger partial charge on any atom is 0.260 e. The second kappa shape index (κ2) is 2.74. The van der Waals surface area contributed by atoms with Crippen molar-refractivity contribution in [1.29, 1.82) is 0 Å². The fourth-order valence-corrected chi connectivity index (χ4v) is 2.14. The normalized spacial score (nSPS) is 24.1. The Bertz CT molecular complexity index is 389. The number of fused-ring (bicyclic) bond motifs is 2. The molecule has 1 atom stereocenters. The van der Waals surface area contributed by atoms with E-state index in [1.807, 2.05) is 29.2 Å². The predicted molar refractivity (Wildman–Crippen MR) is 51.1 cm³/mol. The van der Waals surface area contributed by atoms with E-state index < -0.39 is 0 Å². The Hall–Kier alpha value is -1.51. The smallest absolute Gasteiger partial charge is 0.260 e. The predicted octanol–water partition coefficient (Wildman–Crippen LogP) is 1.64. The SMILES string of the molecule is O=C1c2ccccc2OC2CCCN12. The molecule has 2 aliphatic rings. The van der Waals surface area contributed by atoms with Gasteiger partial charge in [-0.1, -0.05) is 12.1 Å². The molecule has 1 aromatic rings. The molecule has 1 amide bonds. The van der Waals surface area contributed by atoms with Crippen molar-refractivity contribution >= 4 is 5.91 Å². The van der Waals surface area contributed by atoms with E-state index >= 15 is 0 Å². The van der Waals surface area contributed by atoms with Gasteiger partial charge in [-0.05, 0) is 18.6 Å². The summed E-state index contributed by atoms with van der Waals surface area (Å²) in [4.78, 5) is 13.8. The molecule has 0 radical (unpaired) electrons. The van der Waals surface area contributed by atoms with Crippen LogP contribution in [-0.4, -0.2) is 23.6 Å². The Balaban J connectivity index is 2.08. The molecule has 3 heteroatoms. The van der Waals surface area contributed by atoms with E-state index in [-0.39, 0.29) is 12.1 Å². The Kier molecular flexibility index (Phi) is 1.54. The summed E-state index contributed by atoms with van der Waals surface area (Å²) in [6, 6.07) is 7.46. The number of hydrogen-bond acceptors (Lipinski definition) is 2. The lowest BCUT2D eigenvalue weighted by atomic mass is 10.1. The molecule has 2 heterocycles. The zero-order chi connectivity index (χ0) is 9.54. The second-order valence-electron chi connectivity index (χ2n) is 3.71. The highest BCUT2D eigenvalue weighted by Crippen LogP contribution is 2.32. The van der Waals surface area contributed by atoms with Crippen LogP contribution in [0.3, 0.4) is 0 Å². The van der Waals surface area contributed by atoms with Crippen molar-refractivity contribution < 1.29 is 9.53 Å². The van der Waals surface area contributed by atoms with Gasteiger partial charge in [0.15, 0.2) is 6.23 Å². The van der Waals surface area contributed by atoms with Gasteiger partial charge in [0, 0.05) is 13.0 Å². The number of carbonyl (C=O) groups is 1. The number of amides is 1. The molecule has 2 aliphatic heterocycles. The first kappa shape index (κ1) is 7.85. The van der Waals surface area contributed by atoms with Crippen molar-refractivity contribution in [3.05, 3.63) is 29.8 Å². The van der Waals surface area contributed by atoms with Gasteiger partial charge in [-0.25, -0.2) is 0 Å². The summed E-state index contributed by atoms with van der Waals surface area (Å²) in [5.41, 5.74) is 0.700. The fraction of sp³-hybridized carbons (Fsp3) is 0.364. The molecule has 14 heavy (non-hydrogen) atoms. The molecule has 1 fully saturated rings. The molecular formula is C11H11NO2. The van der Waals surface area contributed by atoms with Gasteiger partial charge in [0.25, 0.3) is 5.91 Å². The van der Waals surface area contributed by atoms with Crippen LogP contribution in [0.5, 0.6) is 5.75 Å². The number of ether oxygens (including phenoxy) is 1. The fourth-order valence-electron chi connectivity index (χ4n) is 2.14. The van der Waals surface area contributed by atoms with Gasteiger partial charge in [0.2, 0.25) is 0 Å². The minimum absolute atomic E-state index is 0.0163. The van der Waals surface area contributed by atoms with Gasteiger partial charge in [-0.3, -0.25) is 4.79 Å². The summed E-state index contributed by atoms with van der Waals surface area (Å²) in [6.07, 6.45) is 1.99. The third-order valence-corrected chi connectivity index (χ3v) is 2.84. The molecule has 1 saturated heterocycles. The molecule has 0 saturated carbocycles. The van der Waals surface area contributed by atoms with Crippen LogP contribution in [-0.2, 0) is 0 Å². The van der Waals surface area contributed by atoms with Crippen LogP contribution in [0.1, 0.15) is 23.2 Å². The molecule has 1 aromatic carbocycles. The highest BCUT2D eigenvalue weighted by atomic mass is 16.5. The van der Waals surface area contributed by atoms with E-state index in [1.165, 1.54) is 0 Å². The third-order valence-electron chi connectivity index (χ3n) is 2.84. The zero-order valence-electron chi connectivity index (χ0n) is 7.77. The largest absolute Gasteiger partial charge is 0.470 e. The van der Waals surface area contributed by atoms with Gasteiger partial charge in [-0.15, -0.1) is 0 Å². The van der Waals surface area contributed by atoms with E-state index in [0.29, 0.717) is 5.56 Å². The van der Waals surface area contributed by atoms with Crippen molar-refractivity contribution in [3.8, 4) is 5.75 Å². The van der Waals surface area contributed by atoms with Crippen molar-refractivity contribution in [1.82, 2.24) is 4.90 Å². The molecule has 0 bridgehead atoms. The van der Waals surface area contributed by atoms with Crippen LogP contribution < -0.4 is 4.74 Å². The Morgan fingerprint density at radius 1 is 1.36 bits per heavy atom. The quantitative estimate of drug-likeness (QED) is 0.621. The van der Waals surface area contributed by atoms with E-state index in [9.17, 15) is 4.79 Å². The van der Waals surface area contributed by atoms with E-state index in [2.05, 4.69) is 0 Å². The highest BCUT2D eigenvalue weighted by Gasteiger charge is 2.36. The number of benzene rings is 1. The lowest BCUT2D eigenvalue weighted by molar-refractivity contribution is 0.0294. The number of para-hydroxylation sites is 1. The maximum atomic E-state index is 11.9. The van der Waals surface area contributed by atoms with E-state index in [0.717, 1.165) is 25.1 Å². The van der Waals surface area contributed by atoms with E-state index in [4.69, 9.17) is 4.74 Å². The first-order valence-electron chi connectivity index (χ1n) is 4.93. The topological polar surface area (TPSA) is 29.5 Å². The number of rotatable bonds is 0.